The number of carboxylic acid groups (broad SMARTS) is 1. The lowest BCUT2D eigenvalue weighted by Gasteiger charge is -2.08. The average Bonchev–Trinajstić information content (AvgIpc) is 2.74. The van der Waals surface area contributed by atoms with E-state index in [-0.39, 0.29) is 5.69 Å². The normalized spacial score (nSPS) is 10.1. The molecule has 1 aromatic heterocycles. The predicted octanol–water partition coefficient (Wildman–Crippen LogP) is 3.39. The van der Waals surface area contributed by atoms with Gasteiger partial charge in [-0.15, -0.1) is 0 Å². The maximum atomic E-state index is 13.4. The molecule has 0 radical (unpaired) electrons. The molecule has 9 heteroatoms. The summed E-state index contributed by atoms with van der Waals surface area (Å²) < 4.78 is 14.1. The average molecular weight is 360 g/mol. The number of amides is 2. The Bertz CT molecular complexity index is 677. The van der Waals surface area contributed by atoms with Crippen molar-refractivity contribution in [3.63, 3.8) is 0 Å². The number of carboxylic acids is 1. The van der Waals surface area contributed by atoms with Gasteiger partial charge in [0.2, 0.25) is 0 Å². The van der Waals surface area contributed by atoms with Crippen molar-refractivity contribution in [3.05, 3.63) is 39.6 Å². The number of aromatic nitrogens is 1. The molecule has 0 spiro atoms. The number of hydrogen-bond acceptors (Lipinski definition) is 4. The van der Waals surface area contributed by atoms with Crippen LogP contribution in [0.1, 0.15) is 10.4 Å². The highest BCUT2D eigenvalue weighted by molar-refractivity contribution is 9.11. The van der Waals surface area contributed by atoms with E-state index in [1.165, 1.54) is 29.7 Å². The molecule has 0 saturated carbocycles. The van der Waals surface area contributed by atoms with Crippen LogP contribution in [0.25, 0.3) is 0 Å². The van der Waals surface area contributed by atoms with Crippen LogP contribution >= 0.6 is 27.3 Å². The summed E-state index contributed by atoms with van der Waals surface area (Å²) in [7, 11) is 0. The van der Waals surface area contributed by atoms with Gasteiger partial charge in [-0.1, -0.05) is 17.4 Å². The van der Waals surface area contributed by atoms with Gasteiger partial charge in [0.25, 0.3) is 0 Å². The Morgan fingerprint density at radius 2 is 2.10 bits per heavy atom. The molecule has 0 fully saturated rings. The first-order chi connectivity index (χ1) is 9.47. The molecule has 2 amide bonds. The van der Waals surface area contributed by atoms with E-state index in [2.05, 4.69) is 31.5 Å². The Hall–Kier alpha value is -2.00. The summed E-state index contributed by atoms with van der Waals surface area (Å²) in [5, 5.41) is 13.9. The zero-order chi connectivity index (χ0) is 14.7. The van der Waals surface area contributed by atoms with E-state index in [9.17, 15) is 14.0 Å². The van der Waals surface area contributed by atoms with Crippen LogP contribution in [0.15, 0.2) is 28.2 Å². The largest absolute Gasteiger partial charge is 0.478 e. The van der Waals surface area contributed by atoms with E-state index >= 15 is 0 Å². The fraction of sp³-hybridized carbons (Fsp3) is 0. The van der Waals surface area contributed by atoms with Crippen molar-refractivity contribution in [2.45, 2.75) is 0 Å². The third kappa shape index (κ3) is 3.31. The molecule has 6 nitrogen and oxygen atoms in total. The predicted molar refractivity (Wildman–Crippen MR) is 75.8 cm³/mol. The summed E-state index contributed by atoms with van der Waals surface area (Å²) in [4.78, 5) is 26.5. The monoisotopic (exact) mass is 359 g/mol. The first kappa shape index (κ1) is 14.4. The maximum absolute atomic E-state index is 13.4. The molecule has 104 valence electrons. The molecule has 3 N–H and O–H groups in total. The van der Waals surface area contributed by atoms with Crippen molar-refractivity contribution in [3.8, 4) is 0 Å². The smallest absolute Gasteiger partial charge is 0.340 e. The number of carbonyl (C=O) groups excluding carboxylic acids is 1. The number of halogens is 2. The summed E-state index contributed by atoms with van der Waals surface area (Å²) in [5.41, 5.74) is -0.728. The number of nitrogens with zero attached hydrogens (tertiary/aromatic N) is 1. The Labute approximate surface area is 124 Å². The third-order valence-electron chi connectivity index (χ3n) is 2.17. The number of nitrogens with one attached hydrogen (secondary N) is 2. The van der Waals surface area contributed by atoms with Crippen LogP contribution in [0.2, 0.25) is 0 Å². The standard InChI is InChI=1S/C11H7BrFN3O3S/c12-7-4-14-11(20-7)16-10(19)15-6-3-1-2-5(13)8(6)9(17)18/h1-4H,(H,17,18)(H2,14,15,16,19). The van der Waals surface area contributed by atoms with Crippen molar-refractivity contribution in [1.29, 1.82) is 0 Å². The van der Waals surface area contributed by atoms with Gasteiger partial charge in [-0.2, -0.15) is 0 Å². The molecule has 1 heterocycles. The number of hydrogen-bond donors (Lipinski definition) is 3. The van der Waals surface area contributed by atoms with Gasteiger partial charge in [0.1, 0.15) is 11.4 Å². The fourth-order valence-corrected chi connectivity index (χ4v) is 2.51. The Morgan fingerprint density at radius 3 is 2.70 bits per heavy atom. The van der Waals surface area contributed by atoms with Gasteiger partial charge in [-0.25, -0.2) is 19.0 Å². The Morgan fingerprint density at radius 1 is 1.35 bits per heavy atom. The number of urea groups is 1. The molecule has 2 aromatic rings. The summed E-state index contributed by atoms with van der Waals surface area (Å²) >= 11 is 4.37. The maximum Gasteiger partial charge on any atom is 0.340 e. The highest BCUT2D eigenvalue weighted by atomic mass is 79.9. The fourth-order valence-electron chi connectivity index (χ4n) is 1.41. The molecular weight excluding hydrogens is 353 g/mol. The molecular formula is C11H7BrFN3O3S. The second kappa shape index (κ2) is 5.97. The molecule has 0 aliphatic rings. The van der Waals surface area contributed by atoms with Gasteiger partial charge < -0.3 is 10.4 Å². The number of thiazole rings is 1. The van der Waals surface area contributed by atoms with Gasteiger partial charge >= 0.3 is 12.0 Å². The topological polar surface area (TPSA) is 91.3 Å². The van der Waals surface area contributed by atoms with E-state index in [1.807, 2.05) is 0 Å². The molecule has 0 bridgehead atoms. The minimum Gasteiger partial charge on any atom is -0.478 e. The summed E-state index contributed by atoms with van der Waals surface area (Å²) in [6.45, 7) is 0. The van der Waals surface area contributed by atoms with Crippen LogP contribution in [0.5, 0.6) is 0 Å². The van der Waals surface area contributed by atoms with Crippen molar-refractivity contribution < 1.29 is 19.1 Å². The van der Waals surface area contributed by atoms with Crippen molar-refractivity contribution in [1.82, 2.24) is 4.98 Å². The van der Waals surface area contributed by atoms with E-state index in [4.69, 9.17) is 5.11 Å². The van der Waals surface area contributed by atoms with Gasteiger partial charge in [0.05, 0.1) is 15.7 Å². The van der Waals surface area contributed by atoms with Gasteiger partial charge in [-0.3, -0.25) is 5.32 Å². The second-order valence-corrected chi connectivity index (χ2v) is 5.93. The summed E-state index contributed by atoms with van der Waals surface area (Å²) in [6.07, 6.45) is 1.51. The summed E-state index contributed by atoms with van der Waals surface area (Å²) in [5.74, 6) is -2.39. The van der Waals surface area contributed by atoms with E-state index in [0.717, 1.165) is 9.85 Å². The zero-order valence-electron chi connectivity index (χ0n) is 9.68. The number of aromatic carboxylic acids is 1. The number of anilines is 2. The van der Waals surface area contributed by atoms with Crippen LogP contribution < -0.4 is 10.6 Å². The van der Waals surface area contributed by atoms with Crippen molar-refractivity contribution >= 4 is 50.1 Å². The molecule has 2 rings (SSSR count). The molecule has 0 saturated heterocycles. The second-order valence-electron chi connectivity index (χ2n) is 3.52. The molecule has 1 aromatic carbocycles. The quantitative estimate of drug-likeness (QED) is 0.783. The first-order valence-corrected chi connectivity index (χ1v) is 6.79. The lowest BCUT2D eigenvalue weighted by Crippen LogP contribution is -2.21. The van der Waals surface area contributed by atoms with Crippen molar-refractivity contribution in [2.24, 2.45) is 0 Å². The Balaban J connectivity index is 2.16. The highest BCUT2D eigenvalue weighted by Gasteiger charge is 2.17. The SMILES string of the molecule is O=C(Nc1ncc(Br)s1)Nc1cccc(F)c1C(=O)O. The molecule has 0 unspecified atom stereocenters. The van der Waals surface area contributed by atoms with Crippen LogP contribution in [0.4, 0.5) is 20.0 Å². The van der Waals surface area contributed by atoms with E-state index < -0.39 is 23.4 Å². The van der Waals surface area contributed by atoms with Crippen LogP contribution in [0, 0.1) is 5.82 Å². The molecule has 0 aliphatic heterocycles. The highest BCUT2D eigenvalue weighted by Crippen LogP contribution is 2.24. The van der Waals surface area contributed by atoms with Gasteiger partial charge in [-0.05, 0) is 28.1 Å². The zero-order valence-corrected chi connectivity index (χ0v) is 12.1. The first-order valence-electron chi connectivity index (χ1n) is 5.18. The van der Waals surface area contributed by atoms with Crippen molar-refractivity contribution in [2.75, 3.05) is 10.6 Å². The van der Waals surface area contributed by atoms with Crippen LogP contribution in [-0.2, 0) is 0 Å². The minimum atomic E-state index is -1.46. The molecule has 0 aliphatic carbocycles. The number of benzene rings is 1. The van der Waals surface area contributed by atoms with Crippen LogP contribution in [0.3, 0.4) is 0 Å². The molecule has 0 atom stereocenters. The van der Waals surface area contributed by atoms with E-state index in [0.29, 0.717) is 5.13 Å². The van der Waals surface area contributed by atoms with E-state index in [1.54, 1.807) is 0 Å². The van der Waals surface area contributed by atoms with Gasteiger partial charge in [0, 0.05) is 0 Å². The lowest BCUT2D eigenvalue weighted by molar-refractivity contribution is 0.0693. The molecule has 20 heavy (non-hydrogen) atoms. The lowest BCUT2D eigenvalue weighted by atomic mass is 10.1. The number of carbonyl (C=O) groups is 2. The summed E-state index contributed by atoms with van der Waals surface area (Å²) in [6, 6.07) is 2.89. The number of rotatable bonds is 3. The van der Waals surface area contributed by atoms with Crippen LogP contribution in [-0.4, -0.2) is 22.1 Å². The third-order valence-corrected chi connectivity index (χ3v) is 3.57. The minimum absolute atomic E-state index is 0.134. The van der Waals surface area contributed by atoms with Gasteiger partial charge in [0.15, 0.2) is 5.13 Å². The Kier molecular flexibility index (Phi) is 4.30.